The number of hydrogen-bond acceptors (Lipinski definition) is 4. The van der Waals surface area contributed by atoms with Gasteiger partial charge in [0.15, 0.2) is 0 Å². The van der Waals surface area contributed by atoms with Crippen molar-refractivity contribution in [1.29, 1.82) is 0 Å². The van der Waals surface area contributed by atoms with Gasteiger partial charge in [-0.3, -0.25) is 4.79 Å². The zero-order valence-electron chi connectivity index (χ0n) is 11.6. The van der Waals surface area contributed by atoms with Crippen LogP contribution in [-0.4, -0.2) is 31.1 Å². The van der Waals surface area contributed by atoms with E-state index in [1.165, 1.54) is 0 Å². The van der Waals surface area contributed by atoms with Gasteiger partial charge >= 0.3 is 5.97 Å². The van der Waals surface area contributed by atoms with Crippen molar-refractivity contribution in [3.63, 3.8) is 0 Å². The highest BCUT2D eigenvalue weighted by Crippen LogP contribution is 2.04. The Morgan fingerprint density at radius 3 is 2.68 bits per heavy atom. The van der Waals surface area contributed by atoms with Gasteiger partial charge in [0.25, 0.3) is 0 Å². The summed E-state index contributed by atoms with van der Waals surface area (Å²) in [5, 5.41) is 2.70. The zero-order chi connectivity index (χ0) is 14.5. The number of hydrogen-bond donors (Lipinski definition) is 2. The molecule has 0 aliphatic carbocycles. The molecule has 0 unspecified atom stereocenters. The van der Waals surface area contributed by atoms with Gasteiger partial charge in [-0.25, -0.2) is 4.79 Å². The summed E-state index contributed by atoms with van der Waals surface area (Å²) in [6.07, 6.45) is 8.79. The number of esters is 1. The van der Waals surface area contributed by atoms with Crippen molar-refractivity contribution in [2.24, 2.45) is 5.73 Å². The second kappa shape index (κ2) is 11.5. The highest BCUT2D eigenvalue weighted by molar-refractivity contribution is 5.84. The summed E-state index contributed by atoms with van der Waals surface area (Å²) in [4.78, 5) is 23.4. The normalized spacial score (nSPS) is 11.4. The number of carbonyl (C=O) groups is 2. The SMILES string of the molecule is C#CCCCC(=O)N[C@@H](CCCCN)C(=O)OCC. The number of terminal acetylenes is 1. The molecule has 0 saturated heterocycles. The minimum atomic E-state index is -0.579. The van der Waals surface area contributed by atoms with Crippen LogP contribution >= 0.6 is 0 Å². The molecule has 0 radical (unpaired) electrons. The molecule has 19 heavy (non-hydrogen) atoms. The average Bonchev–Trinajstić information content (AvgIpc) is 2.38. The zero-order valence-corrected chi connectivity index (χ0v) is 11.6. The van der Waals surface area contributed by atoms with Gasteiger partial charge in [0.1, 0.15) is 6.04 Å². The van der Waals surface area contributed by atoms with E-state index in [1.807, 2.05) is 0 Å². The number of rotatable bonds is 10. The number of ether oxygens (including phenoxy) is 1. The number of nitrogens with two attached hydrogens (primary N) is 1. The monoisotopic (exact) mass is 268 g/mol. The first-order valence-corrected chi connectivity index (χ1v) is 6.75. The van der Waals surface area contributed by atoms with Crippen molar-refractivity contribution >= 4 is 11.9 Å². The highest BCUT2D eigenvalue weighted by atomic mass is 16.5. The maximum atomic E-state index is 11.7. The molecular formula is C14H24N2O3. The molecule has 0 heterocycles. The number of amides is 1. The van der Waals surface area contributed by atoms with E-state index in [2.05, 4.69) is 11.2 Å². The summed E-state index contributed by atoms with van der Waals surface area (Å²) in [6.45, 7) is 2.62. The summed E-state index contributed by atoms with van der Waals surface area (Å²) in [7, 11) is 0. The summed E-state index contributed by atoms with van der Waals surface area (Å²) in [5.74, 6) is 1.93. The van der Waals surface area contributed by atoms with Crippen molar-refractivity contribution in [2.45, 2.75) is 51.5 Å². The summed E-state index contributed by atoms with van der Waals surface area (Å²) < 4.78 is 4.94. The topological polar surface area (TPSA) is 81.4 Å². The van der Waals surface area contributed by atoms with E-state index in [9.17, 15) is 9.59 Å². The molecule has 3 N–H and O–H groups in total. The molecule has 1 amide bonds. The molecular weight excluding hydrogens is 244 g/mol. The number of nitrogens with one attached hydrogen (secondary N) is 1. The van der Waals surface area contributed by atoms with E-state index >= 15 is 0 Å². The molecule has 5 nitrogen and oxygen atoms in total. The first kappa shape index (κ1) is 17.5. The third-order valence-electron chi connectivity index (χ3n) is 2.58. The molecule has 108 valence electrons. The molecule has 0 saturated carbocycles. The third-order valence-corrected chi connectivity index (χ3v) is 2.58. The Balaban J connectivity index is 4.20. The van der Waals surface area contributed by atoms with Crippen LogP contribution in [0.1, 0.15) is 45.4 Å². The predicted octanol–water partition coefficient (Wildman–Crippen LogP) is 0.967. The van der Waals surface area contributed by atoms with E-state index in [0.717, 1.165) is 12.8 Å². The standard InChI is InChI=1S/C14H24N2O3/c1-3-5-6-10-13(17)16-12(9-7-8-11-15)14(18)19-4-2/h1,12H,4-11,15H2,2H3,(H,16,17)/t12-/m0/s1. The van der Waals surface area contributed by atoms with Crippen molar-refractivity contribution in [2.75, 3.05) is 13.2 Å². The summed E-state index contributed by atoms with van der Waals surface area (Å²) in [5.41, 5.74) is 5.41. The van der Waals surface area contributed by atoms with Crippen LogP contribution in [-0.2, 0) is 14.3 Å². The van der Waals surface area contributed by atoms with Crippen LogP contribution < -0.4 is 11.1 Å². The Morgan fingerprint density at radius 2 is 2.11 bits per heavy atom. The maximum Gasteiger partial charge on any atom is 0.328 e. The second-order valence-electron chi connectivity index (χ2n) is 4.21. The molecule has 0 aromatic carbocycles. The number of unbranched alkanes of at least 4 members (excludes halogenated alkanes) is 2. The average molecular weight is 268 g/mol. The van der Waals surface area contributed by atoms with Crippen molar-refractivity contribution in [3.8, 4) is 12.3 Å². The third kappa shape index (κ3) is 9.09. The fourth-order valence-corrected chi connectivity index (χ4v) is 1.60. The summed E-state index contributed by atoms with van der Waals surface area (Å²) in [6, 6.07) is -0.579. The Labute approximate surface area is 115 Å². The van der Waals surface area contributed by atoms with Crippen LogP contribution in [0, 0.1) is 12.3 Å². The first-order valence-electron chi connectivity index (χ1n) is 6.75. The number of carbonyl (C=O) groups excluding carboxylic acids is 2. The lowest BCUT2D eigenvalue weighted by molar-refractivity contribution is -0.147. The van der Waals surface area contributed by atoms with Gasteiger partial charge in [0.05, 0.1) is 6.61 Å². The lowest BCUT2D eigenvalue weighted by Crippen LogP contribution is -2.41. The van der Waals surface area contributed by atoms with Gasteiger partial charge in [-0.2, -0.15) is 0 Å². The quantitative estimate of drug-likeness (QED) is 0.351. The minimum absolute atomic E-state index is 0.166. The van der Waals surface area contributed by atoms with Crippen LogP contribution in [0.4, 0.5) is 0 Å². The molecule has 0 spiro atoms. The lowest BCUT2D eigenvalue weighted by atomic mass is 10.1. The largest absolute Gasteiger partial charge is 0.464 e. The Morgan fingerprint density at radius 1 is 1.37 bits per heavy atom. The smallest absolute Gasteiger partial charge is 0.328 e. The fourth-order valence-electron chi connectivity index (χ4n) is 1.60. The molecule has 0 bridgehead atoms. The fraction of sp³-hybridized carbons (Fsp3) is 0.714. The van der Waals surface area contributed by atoms with E-state index in [4.69, 9.17) is 16.9 Å². The van der Waals surface area contributed by atoms with Gasteiger partial charge in [-0.15, -0.1) is 12.3 Å². The van der Waals surface area contributed by atoms with Gasteiger partial charge in [0.2, 0.25) is 5.91 Å². The van der Waals surface area contributed by atoms with E-state index in [1.54, 1.807) is 6.92 Å². The van der Waals surface area contributed by atoms with Gasteiger partial charge in [-0.1, -0.05) is 0 Å². The van der Waals surface area contributed by atoms with E-state index < -0.39 is 6.04 Å². The molecule has 1 atom stereocenters. The van der Waals surface area contributed by atoms with Crippen LogP contribution in [0.2, 0.25) is 0 Å². The predicted molar refractivity (Wildman–Crippen MR) is 74.2 cm³/mol. The van der Waals surface area contributed by atoms with Crippen molar-refractivity contribution in [3.05, 3.63) is 0 Å². The van der Waals surface area contributed by atoms with Crippen LogP contribution in [0.15, 0.2) is 0 Å². The molecule has 0 fully saturated rings. The Bertz CT molecular complexity index is 310. The van der Waals surface area contributed by atoms with Crippen molar-refractivity contribution < 1.29 is 14.3 Å². The summed E-state index contributed by atoms with van der Waals surface area (Å²) >= 11 is 0. The van der Waals surface area contributed by atoms with E-state index in [-0.39, 0.29) is 11.9 Å². The highest BCUT2D eigenvalue weighted by Gasteiger charge is 2.21. The van der Waals surface area contributed by atoms with Gasteiger partial charge < -0.3 is 15.8 Å². The first-order chi connectivity index (χ1) is 9.15. The Hall–Kier alpha value is -1.54. The molecule has 5 heteroatoms. The van der Waals surface area contributed by atoms with E-state index in [0.29, 0.717) is 38.8 Å². The lowest BCUT2D eigenvalue weighted by Gasteiger charge is -2.17. The van der Waals surface area contributed by atoms with Gasteiger partial charge in [0, 0.05) is 12.8 Å². The van der Waals surface area contributed by atoms with Crippen LogP contribution in [0.5, 0.6) is 0 Å². The molecule has 0 aliphatic heterocycles. The van der Waals surface area contributed by atoms with Crippen LogP contribution in [0.3, 0.4) is 0 Å². The maximum absolute atomic E-state index is 11.7. The second-order valence-corrected chi connectivity index (χ2v) is 4.21. The van der Waals surface area contributed by atoms with Crippen molar-refractivity contribution in [1.82, 2.24) is 5.32 Å². The van der Waals surface area contributed by atoms with Crippen LogP contribution in [0.25, 0.3) is 0 Å². The molecule has 0 rings (SSSR count). The Kier molecular flexibility index (Phi) is 10.6. The molecule has 0 aromatic heterocycles. The molecule has 0 aromatic rings. The van der Waals surface area contributed by atoms with Gasteiger partial charge in [-0.05, 0) is 39.2 Å². The molecule has 0 aliphatic rings. The minimum Gasteiger partial charge on any atom is -0.464 e.